The van der Waals surface area contributed by atoms with E-state index < -0.39 is 5.97 Å². The van der Waals surface area contributed by atoms with Gasteiger partial charge in [0.1, 0.15) is 0 Å². The lowest BCUT2D eigenvalue weighted by atomic mass is 10.1. The maximum absolute atomic E-state index is 10.7. The molecular formula is C13H14BrNO3. The van der Waals surface area contributed by atoms with Gasteiger partial charge in [0.25, 0.3) is 0 Å². The van der Waals surface area contributed by atoms with Crippen LogP contribution in [0.15, 0.2) is 28.7 Å². The molecule has 0 fully saturated rings. The number of carboxylic acid groups (broad SMARTS) is 1. The van der Waals surface area contributed by atoms with E-state index in [-0.39, 0.29) is 11.5 Å². The Hall–Kier alpha value is -1.62. The minimum absolute atomic E-state index is 0.0459. The van der Waals surface area contributed by atoms with Gasteiger partial charge < -0.3 is 10.4 Å². The molecule has 0 unspecified atom stereocenters. The average Bonchev–Trinajstić information content (AvgIpc) is 2.29. The van der Waals surface area contributed by atoms with Crippen molar-refractivity contribution in [1.29, 1.82) is 0 Å². The third-order valence-corrected chi connectivity index (χ3v) is 2.92. The fourth-order valence-electron chi connectivity index (χ4n) is 1.34. The summed E-state index contributed by atoms with van der Waals surface area (Å²) in [5, 5.41) is 11.5. The Balaban J connectivity index is 2.59. The van der Waals surface area contributed by atoms with Crippen molar-refractivity contribution in [1.82, 2.24) is 5.32 Å². The van der Waals surface area contributed by atoms with Crippen molar-refractivity contribution in [3.8, 4) is 0 Å². The normalized spacial score (nSPS) is 10.6. The molecule has 0 spiro atoms. The number of amides is 1. The van der Waals surface area contributed by atoms with Gasteiger partial charge in [0, 0.05) is 17.9 Å². The van der Waals surface area contributed by atoms with Gasteiger partial charge in [-0.25, -0.2) is 4.79 Å². The molecule has 1 rings (SSSR count). The summed E-state index contributed by atoms with van der Waals surface area (Å²) in [6, 6.07) is 4.86. The Kier molecular flexibility index (Phi) is 5.58. The van der Waals surface area contributed by atoms with Gasteiger partial charge in [0.15, 0.2) is 0 Å². The lowest BCUT2D eigenvalue weighted by Gasteiger charge is -2.01. The summed E-state index contributed by atoms with van der Waals surface area (Å²) < 4.78 is 0.734. The number of nitrogens with one attached hydrogen (secondary N) is 1. The second-order valence-corrected chi connectivity index (χ2v) is 4.57. The molecule has 0 saturated carbocycles. The number of hydrogen-bond donors (Lipinski definition) is 2. The molecule has 1 aromatic carbocycles. The number of rotatable bonds is 5. The molecule has 0 aliphatic rings. The van der Waals surface area contributed by atoms with Crippen molar-refractivity contribution >= 4 is 33.9 Å². The molecule has 0 aromatic heterocycles. The third kappa shape index (κ3) is 4.71. The monoisotopic (exact) mass is 311 g/mol. The van der Waals surface area contributed by atoms with Crippen molar-refractivity contribution in [2.24, 2.45) is 0 Å². The van der Waals surface area contributed by atoms with Gasteiger partial charge in [-0.05, 0) is 24.1 Å². The molecule has 0 heterocycles. The maximum atomic E-state index is 10.7. The van der Waals surface area contributed by atoms with E-state index >= 15 is 0 Å². The lowest BCUT2D eigenvalue weighted by molar-refractivity contribution is -0.118. The van der Waals surface area contributed by atoms with Crippen LogP contribution < -0.4 is 5.32 Å². The van der Waals surface area contributed by atoms with E-state index in [0.717, 1.165) is 16.5 Å². The number of benzene rings is 1. The first-order valence-corrected chi connectivity index (χ1v) is 6.24. The molecule has 1 aromatic rings. The lowest BCUT2D eigenvalue weighted by Crippen LogP contribution is -2.20. The van der Waals surface area contributed by atoms with Gasteiger partial charge in [-0.1, -0.05) is 34.1 Å². The van der Waals surface area contributed by atoms with Crippen LogP contribution in [0.3, 0.4) is 0 Å². The van der Waals surface area contributed by atoms with Crippen LogP contribution in [0.1, 0.15) is 29.3 Å². The number of aromatic carboxylic acids is 1. The summed E-state index contributed by atoms with van der Waals surface area (Å²) in [6.45, 7) is 2.07. The molecule has 0 saturated heterocycles. The van der Waals surface area contributed by atoms with E-state index in [1.165, 1.54) is 6.92 Å². The first kappa shape index (κ1) is 14.4. The minimum Gasteiger partial charge on any atom is -0.478 e. The van der Waals surface area contributed by atoms with Gasteiger partial charge in [-0.3, -0.25) is 4.79 Å². The first-order valence-electron chi connectivity index (χ1n) is 5.44. The highest BCUT2D eigenvalue weighted by Crippen LogP contribution is 2.20. The molecule has 5 heteroatoms. The summed E-state index contributed by atoms with van der Waals surface area (Å²) in [5.74, 6) is -0.993. The van der Waals surface area contributed by atoms with Crippen molar-refractivity contribution in [3.63, 3.8) is 0 Å². The number of halogens is 1. The summed E-state index contributed by atoms with van der Waals surface area (Å²) in [7, 11) is 0. The molecule has 0 atom stereocenters. The van der Waals surface area contributed by atoms with Crippen LogP contribution in [-0.4, -0.2) is 23.5 Å². The van der Waals surface area contributed by atoms with Crippen LogP contribution in [0.4, 0.5) is 0 Å². The van der Waals surface area contributed by atoms with Crippen LogP contribution in [0.2, 0.25) is 0 Å². The molecule has 0 bridgehead atoms. The Morgan fingerprint density at radius 2 is 2.17 bits per heavy atom. The largest absolute Gasteiger partial charge is 0.478 e. The molecule has 1 amide bonds. The Bertz CT molecular complexity index is 483. The van der Waals surface area contributed by atoms with Gasteiger partial charge in [0.2, 0.25) is 5.91 Å². The highest BCUT2D eigenvalue weighted by Gasteiger charge is 2.04. The van der Waals surface area contributed by atoms with E-state index in [0.29, 0.717) is 6.54 Å². The fraction of sp³-hybridized carbons (Fsp3) is 0.231. The highest BCUT2D eigenvalue weighted by molar-refractivity contribution is 9.10. The average molecular weight is 312 g/mol. The zero-order chi connectivity index (χ0) is 13.5. The Morgan fingerprint density at radius 3 is 2.72 bits per heavy atom. The van der Waals surface area contributed by atoms with Gasteiger partial charge in [-0.15, -0.1) is 0 Å². The SMILES string of the molecule is CC(=O)NCCC=Cc1ccc(C(=O)O)cc1Br. The van der Waals surface area contributed by atoms with Gasteiger partial charge >= 0.3 is 5.97 Å². The van der Waals surface area contributed by atoms with Crippen molar-refractivity contribution in [2.45, 2.75) is 13.3 Å². The predicted octanol–water partition coefficient (Wildman–Crippen LogP) is 2.69. The summed E-state index contributed by atoms with van der Waals surface area (Å²) in [6.07, 6.45) is 4.54. The maximum Gasteiger partial charge on any atom is 0.335 e. The summed E-state index contributed by atoms with van der Waals surface area (Å²) in [4.78, 5) is 21.4. The fourth-order valence-corrected chi connectivity index (χ4v) is 1.85. The highest BCUT2D eigenvalue weighted by atomic mass is 79.9. The second kappa shape index (κ2) is 6.96. The van der Waals surface area contributed by atoms with Crippen LogP contribution in [0.25, 0.3) is 6.08 Å². The van der Waals surface area contributed by atoms with Crippen molar-refractivity contribution in [3.05, 3.63) is 39.9 Å². The molecule has 4 nitrogen and oxygen atoms in total. The van der Waals surface area contributed by atoms with Crippen LogP contribution in [-0.2, 0) is 4.79 Å². The van der Waals surface area contributed by atoms with Crippen molar-refractivity contribution < 1.29 is 14.7 Å². The van der Waals surface area contributed by atoms with Crippen LogP contribution in [0, 0.1) is 0 Å². The second-order valence-electron chi connectivity index (χ2n) is 3.72. The van der Waals surface area contributed by atoms with E-state index in [9.17, 15) is 9.59 Å². The molecular weight excluding hydrogens is 298 g/mol. The molecule has 18 heavy (non-hydrogen) atoms. The topological polar surface area (TPSA) is 66.4 Å². The number of hydrogen-bond acceptors (Lipinski definition) is 2. The van der Waals surface area contributed by atoms with E-state index in [4.69, 9.17) is 5.11 Å². The zero-order valence-electron chi connectivity index (χ0n) is 9.94. The van der Waals surface area contributed by atoms with Crippen molar-refractivity contribution in [2.75, 3.05) is 6.54 Å². The quantitative estimate of drug-likeness (QED) is 0.822. The van der Waals surface area contributed by atoms with E-state index in [2.05, 4.69) is 21.2 Å². The van der Waals surface area contributed by atoms with Crippen LogP contribution in [0.5, 0.6) is 0 Å². The number of carbonyl (C=O) groups is 2. The molecule has 96 valence electrons. The molecule has 0 radical (unpaired) electrons. The zero-order valence-corrected chi connectivity index (χ0v) is 11.5. The standard InChI is InChI=1S/C13H14BrNO3/c1-9(16)15-7-3-2-4-10-5-6-11(13(17)18)8-12(10)14/h2,4-6,8H,3,7H2,1H3,(H,15,16)(H,17,18). The molecule has 0 aliphatic carbocycles. The summed E-state index contributed by atoms with van der Waals surface area (Å²) >= 11 is 3.32. The third-order valence-electron chi connectivity index (χ3n) is 2.23. The molecule has 0 aliphatic heterocycles. The van der Waals surface area contributed by atoms with Crippen LogP contribution >= 0.6 is 15.9 Å². The summed E-state index contributed by atoms with van der Waals surface area (Å²) in [5.41, 5.74) is 1.15. The first-order chi connectivity index (χ1) is 8.50. The van der Waals surface area contributed by atoms with E-state index in [1.807, 2.05) is 12.2 Å². The number of carbonyl (C=O) groups excluding carboxylic acids is 1. The Labute approximate surface area is 114 Å². The van der Waals surface area contributed by atoms with E-state index in [1.54, 1.807) is 18.2 Å². The predicted molar refractivity (Wildman–Crippen MR) is 73.4 cm³/mol. The smallest absolute Gasteiger partial charge is 0.335 e. The van der Waals surface area contributed by atoms with Gasteiger partial charge in [-0.2, -0.15) is 0 Å². The minimum atomic E-state index is -0.947. The molecule has 2 N–H and O–H groups in total. The Morgan fingerprint density at radius 1 is 1.44 bits per heavy atom. The number of carboxylic acids is 1. The van der Waals surface area contributed by atoms with Gasteiger partial charge in [0.05, 0.1) is 5.56 Å².